The van der Waals surface area contributed by atoms with Gasteiger partial charge in [0.25, 0.3) is 0 Å². The highest BCUT2D eigenvalue weighted by molar-refractivity contribution is 6.33. The number of ether oxygens (including phenoxy) is 4. The first-order valence-electron chi connectivity index (χ1n) is 11.4. The Kier molecular flexibility index (Phi) is 8.93. The molecule has 0 fully saturated rings. The van der Waals surface area contributed by atoms with Gasteiger partial charge in [-0.25, -0.2) is 10.2 Å². The summed E-state index contributed by atoms with van der Waals surface area (Å²) in [5, 5.41) is 4.28. The van der Waals surface area contributed by atoms with Crippen molar-refractivity contribution >= 4 is 29.7 Å². The summed E-state index contributed by atoms with van der Waals surface area (Å²) in [6.07, 6.45) is 0.112. The number of rotatable bonds is 10. The van der Waals surface area contributed by atoms with E-state index in [4.69, 9.17) is 30.5 Å². The van der Waals surface area contributed by atoms with Crippen molar-refractivity contribution in [3.05, 3.63) is 119 Å². The minimum absolute atomic E-state index is 0.200. The fourth-order valence-electron chi connectivity index (χ4n) is 3.23. The van der Waals surface area contributed by atoms with Crippen LogP contribution in [0.1, 0.15) is 15.9 Å². The van der Waals surface area contributed by atoms with Crippen LogP contribution in [-0.4, -0.2) is 31.5 Å². The average molecular weight is 531 g/mol. The first kappa shape index (κ1) is 26.2. The first-order chi connectivity index (χ1) is 18.5. The Hall–Kier alpha value is -4.82. The Labute approximate surface area is 224 Å². The summed E-state index contributed by atoms with van der Waals surface area (Å²) in [6, 6.07) is 29.0. The molecule has 0 aliphatic carbocycles. The number of para-hydroxylation sites is 2. The summed E-state index contributed by atoms with van der Waals surface area (Å²) in [4.78, 5) is 25.3. The average Bonchev–Trinajstić information content (AvgIpc) is 2.94. The Morgan fingerprint density at radius 3 is 2.03 bits per heavy atom. The van der Waals surface area contributed by atoms with Gasteiger partial charge in [0, 0.05) is 0 Å². The van der Waals surface area contributed by atoms with Crippen molar-refractivity contribution in [3.8, 4) is 23.0 Å². The number of hydrazone groups is 1. The lowest BCUT2D eigenvalue weighted by Gasteiger charge is -2.18. The molecule has 8 nitrogen and oxygen atoms in total. The maximum absolute atomic E-state index is 12.8. The Morgan fingerprint density at radius 2 is 1.42 bits per heavy atom. The van der Waals surface area contributed by atoms with E-state index in [0.717, 1.165) is 0 Å². The summed E-state index contributed by atoms with van der Waals surface area (Å²) >= 11 is 6.08. The molecule has 192 valence electrons. The van der Waals surface area contributed by atoms with E-state index in [0.29, 0.717) is 22.8 Å². The molecule has 0 unspecified atom stereocenters. The fourth-order valence-corrected chi connectivity index (χ4v) is 3.44. The highest BCUT2D eigenvalue weighted by Crippen LogP contribution is 2.29. The van der Waals surface area contributed by atoms with Crippen LogP contribution in [0.15, 0.2) is 108 Å². The predicted octanol–water partition coefficient (Wildman–Crippen LogP) is 5.50. The quantitative estimate of drug-likeness (QED) is 0.0956. The van der Waals surface area contributed by atoms with Crippen LogP contribution in [0.5, 0.6) is 23.0 Å². The molecule has 4 aromatic rings. The second-order valence-electron chi connectivity index (χ2n) is 7.71. The number of benzene rings is 4. The Balaban J connectivity index is 1.43. The van der Waals surface area contributed by atoms with Crippen molar-refractivity contribution < 1.29 is 28.5 Å². The molecule has 0 aliphatic rings. The van der Waals surface area contributed by atoms with Crippen LogP contribution in [0, 0.1) is 0 Å². The van der Waals surface area contributed by atoms with Crippen molar-refractivity contribution in [2.45, 2.75) is 6.29 Å². The van der Waals surface area contributed by atoms with Gasteiger partial charge in [0.05, 0.1) is 23.9 Å². The number of nitrogens with zero attached hydrogens (tertiary/aromatic N) is 1. The Morgan fingerprint density at radius 1 is 0.816 bits per heavy atom. The molecule has 4 rings (SSSR count). The summed E-state index contributed by atoms with van der Waals surface area (Å²) in [5.41, 5.74) is 3.23. The lowest BCUT2D eigenvalue weighted by Crippen LogP contribution is -2.40. The lowest BCUT2D eigenvalue weighted by molar-refractivity contribution is -0.140. The third kappa shape index (κ3) is 7.11. The molecule has 0 aliphatic heterocycles. The first-order valence-corrected chi connectivity index (χ1v) is 11.8. The van der Waals surface area contributed by atoms with E-state index in [2.05, 4.69) is 10.5 Å². The van der Waals surface area contributed by atoms with Crippen LogP contribution < -0.4 is 24.4 Å². The number of hydrogen-bond donors (Lipinski definition) is 1. The van der Waals surface area contributed by atoms with Gasteiger partial charge in [-0.15, -0.1) is 0 Å². The monoisotopic (exact) mass is 530 g/mol. The van der Waals surface area contributed by atoms with Crippen LogP contribution in [0.2, 0.25) is 5.02 Å². The van der Waals surface area contributed by atoms with Gasteiger partial charge in [-0.3, -0.25) is 4.79 Å². The van der Waals surface area contributed by atoms with E-state index in [-0.39, 0.29) is 16.3 Å². The van der Waals surface area contributed by atoms with Crippen molar-refractivity contribution in [2.75, 3.05) is 7.11 Å². The normalized spacial score (nSPS) is 10.7. The van der Waals surface area contributed by atoms with Crippen LogP contribution >= 0.6 is 11.6 Å². The summed E-state index contributed by atoms with van der Waals surface area (Å²) in [5.74, 6) is 0.166. The minimum Gasteiger partial charge on any atom is -0.493 e. The number of carbonyl (C=O) groups excluding carboxylic acids is 2. The maximum atomic E-state index is 12.8. The molecular formula is C29H23ClN2O6. The molecule has 38 heavy (non-hydrogen) atoms. The zero-order valence-electron chi connectivity index (χ0n) is 20.2. The molecular weight excluding hydrogens is 508 g/mol. The van der Waals surface area contributed by atoms with Gasteiger partial charge in [0.2, 0.25) is 0 Å². The standard InChI is InChI=1S/C29H23ClN2O6/c1-35-26-18-20(16-17-25(26)38-28(34)23-14-8-9-15-24(23)30)19-31-32-27(33)29(36-21-10-4-2-5-11-21)37-22-12-6-3-7-13-22/h2-19,29H,1H3,(H,32,33)/b31-19-. The van der Waals surface area contributed by atoms with Crippen molar-refractivity contribution in [1.29, 1.82) is 0 Å². The highest BCUT2D eigenvalue weighted by Gasteiger charge is 2.22. The number of hydrogen-bond acceptors (Lipinski definition) is 7. The summed E-state index contributed by atoms with van der Waals surface area (Å²) in [7, 11) is 1.44. The topological polar surface area (TPSA) is 95.5 Å². The van der Waals surface area contributed by atoms with Gasteiger partial charge in [-0.1, -0.05) is 60.1 Å². The highest BCUT2D eigenvalue weighted by atomic mass is 35.5. The van der Waals surface area contributed by atoms with Crippen LogP contribution in [0.4, 0.5) is 0 Å². The molecule has 0 bridgehead atoms. The molecule has 1 N–H and O–H groups in total. The number of amides is 1. The van der Waals surface area contributed by atoms with Gasteiger partial charge in [0.1, 0.15) is 11.5 Å². The number of carbonyl (C=O) groups is 2. The van der Waals surface area contributed by atoms with Gasteiger partial charge < -0.3 is 18.9 Å². The van der Waals surface area contributed by atoms with E-state index >= 15 is 0 Å². The molecule has 0 saturated carbocycles. The van der Waals surface area contributed by atoms with E-state index in [9.17, 15) is 9.59 Å². The third-order valence-corrected chi connectivity index (χ3v) is 5.39. The molecule has 0 aromatic heterocycles. The van der Waals surface area contributed by atoms with Crippen molar-refractivity contribution in [1.82, 2.24) is 5.43 Å². The smallest absolute Gasteiger partial charge is 0.345 e. The van der Waals surface area contributed by atoms with Gasteiger partial charge in [0.15, 0.2) is 11.5 Å². The number of methoxy groups -OCH3 is 1. The molecule has 0 radical (unpaired) electrons. The second-order valence-corrected chi connectivity index (χ2v) is 8.11. The Bertz CT molecular complexity index is 1370. The van der Waals surface area contributed by atoms with Gasteiger partial charge in [-0.2, -0.15) is 5.10 Å². The van der Waals surface area contributed by atoms with E-state index in [1.54, 1.807) is 91.0 Å². The largest absolute Gasteiger partial charge is 0.493 e. The van der Waals surface area contributed by atoms with Gasteiger partial charge in [-0.05, 0) is 60.2 Å². The fraction of sp³-hybridized carbons (Fsp3) is 0.0690. The second kappa shape index (κ2) is 12.9. The third-order valence-electron chi connectivity index (χ3n) is 5.06. The predicted molar refractivity (Wildman–Crippen MR) is 143 cm³/mol. The molecule has 0 atom stereocenters. The molecule has 0 saturated heterocycles. The molecule has 1 amide bonds. The zero-order valence-corrected chi connectivity index (χ0v) is 21.0. The minimum atomic E-state index is -1.29. The molecule has 9 heteroatoms. The van der Waals surface area contributed by atoms with E-state index in [1.165, 1.54) is 13.3 Å². The number of esters is 1. The van der Waals surface area contributed by atoms with Crippen LogP contribution in [-0.2, 0) is 4.79 Å². The lowest BCUT2D eigenvalue weighted by atomic mass is 10.2. The van der Waals surface area contributed by atoms with Crippen molar-refractivity contribution in [2.24, 2.45) is 5.10 Å². The number of nitrogens with one attached hydrogen (secondary N) is 1. The van der Waals surface area contributed by atoms with Crippen LogP contribution in [0.25, 0.3) is 0 Å². The molecule has 4 aromatic carbocycles. The molecule has 0 spiro atoms. The summed E-state index contributed by atoms with van der Waals surface area (Å²) < 4.78 is 22.3. The van der Waals surface area contributed by atoms with Crippen LogP contribution in [0.3, 0.4) is 0 Å². The van der Waals surface area contributed by atoms with E-state index < -0.39 is 18.2 Å². The SMILES string of the molecule is COc1cc(/C=N\NC(=O)C(Oc2ccccc2)Oc2ccccc2)ccc1OC(=O)c1ccccc1Cl. The van der Waals surface area contributed by atoms with Gasteiger partial charge >= 0.3 is 18.2 Å². The van der Waals surface area contributed by atoms with Crippen molar-refractivity contribution in [3.63, 3.8) is 0 Å². The summed E-state index contributed by atoms with van der Waals surface area (Å²) in [6.45, 7) is 0. The number of halogens is 1. The molecule has 0 heterocycles. The zero-order chi connectivity index (χ0) is 26.7. The van der Waals surface area contributed by atoms with E-state index in [1.807, 2.05) is 12.1 Å². The maximum Gasteiger partial charge on any atom is 0.345 e.